The molecule has 108 valence electrons. The predicted octanol–water partition coefficient (Wildman–Crippen LogP) is 5.12. The molecule has 0 saturated carbocycles. The van der Waals surface area contributed by atoms with Crippen LogP contribution in [0.2, 0.25) is 0 Å². The lowest BCUT2D eigenvalue weighted by molar-refractivity contribution is 0.332. The van der Waals surface area contributed by atoms with Gasteiger partial charge in [0.1, 0.15) is 5.75 Å². The Morgan fingerprint density at radius 3 is 2.05 bits per heavy atom. The molecule has 0 aliphatic rings. The second-order valence-electron chi connectivity index (χ2n) is 3.69. The summed E-state index contributed by atoms with van der Waals surface area (Å²) in [6, 6.07) is 4.92. The molecule has 0 heterocycles. The van der Waals surface area contributed by atoms with Crippen molar-refractivity contribution in [3.63, 3.8) is 0 Å². The van der Waals surface area contributed by atoms with E-state index in [1.165, 1.54) is 18.2 Å². The Bertz CT molecular complexity index is 730. The summed E-state index contributed by atoms with van der Waals surface area (Å²) >= 11 is 0. The van der Waals surface area contributed by atoms with Crippen molar-refractivity contribution in [1.29, 1.82) is 0 Å². The molecular formula is C12H4F5N3O. The van der Waals surface area contributed by atoms with E-state index in [-0.39, 0.29) is 11.4 Å². The van der Waals surface area contributed by atoms with Crippen molar-refractivity contribution in [1.82, 2.24) is 0 Å². The van der Waals surface area contributed by atoms with Gasteiger partial charge in [-0.1, -0.05) is 17.2 Å². The van der Waals surface area contributed by atoms with Crippen LogP contribution in [0.4, 0.5) is 27.6 Å². The van der Waals surface area contributed by atoms with Gasteiger partial charge in [-0.05, 0) is 17.7 Å². The number of azide groups is 1. The molecule has 0 spiro atoms. The zero-order valence-corrected chi connectivity index (χ0v) is 9.95. The smallest absolute Gasteiger partial charge is 0.207 e. The summed E-state index contributed by atoms with van der Waals surface area (Å²) in [5.41, 5.74) is 8.29. The molecule has 2 aromatic rings. The number of nitrogens with zero attached hydrogens (tertiary/aromatic N) is 3. The SMILES string of the molecule is [N-]=[N+]=Nc1cccc(Oc2c(F)c(F)c(F)c(F)c2F)c1. The summed E-state index contributed by atoms with van der Waals surface area (Å²) in [6.45, 7) is 0. The maximum Gasteiger partial charge on any atom is 0.207 e. The van der Waals surface area contributed by atoms with Crippen LogP contribution < -0.4 is 4.74 Å². The van der Waals surface area contributed by atoms with Crippen LogP contribution in [-0.4, -0.2) is 0 Å². The van der Waals surface area contributed by atoms with E-state index in [2.05, 4.69) is 14.8 Å². The van der Waals surface area contributed by atoms with Crippen LogP contribution in [-0.2, 0) is 0 Å². The number of halogens is 5. The minimum absolute atomic E-state index is 0.0406. The first kappa shape index (κ1) is 14.6. The fourth-order valence-electron chi connectivity index (χ4n) is 1.45. The summed E-state index contributed by atoms with van der Waals surface area (Å²) in [5, 5.41) is 3.21. The van der Waals surface area contributed by atoms with Gasteiger partial charge < -0.3 is 4.74 Å². The molecule has 0 atom stereocenters. The minimum atomic E-state index is -2.28. The van der Waals surface area contributed by atoms with Gasteiger partial charge in [0.05, 0.1) is 0 Å². The second kappa shape index (κ2) is 5.68. The summed E-state index contributed by atoms with van der Waals surface area (Å²) in [6.07, 6.45) is 0. The third kappa shape index (κ3) is 2.72. The van der Waals surface area contributed by atoms with E-state index in [0.717, 1.165) is 6.07 Å². The highest BCUT2D eigenvalue weighted by molar-refractivity contribution is 5.45. The monoisotopic (exact) mass is 301 g/mol. The number of benzene rings is 2. The molecule has 0 aromatic heterocycles. The van der Waals surface area contributed by atoms with E-state index < -0.39 is 34.8 Å². The van der Waals surface area contributed by atoms with Crippen molar-refractivity contribution in [2.75, 3.05) is 0 Å². The molecule has 21 heavy (non-hydrogen) atoms. The first-order valence-electron chi connectivity index (χ1n) is 5.30. The Morgan fingerprint density at radius 1 is 0.905 bits per heavy atom. The van der Waals surface area contributed by atoms with E-state index in [1.54, 1.807) is 0 Å². The molecule has 2 aromatic carbocycles. The van der Waals surface area contributed by atoms with Crippen LogP contribution >= 0.6 is 0 Å². The second-order valence-corrected chi connectivity index (χ2v) is 3.69. The lowest BCUT2D eigenvalue weighted by atomic mass is 10.2. The molecule has 0 fully saturated rings. The van der Waals surface area contributed by atoms with Crippen LogP contribution in [0.1, 0.15) is 0 Å². The average molecular weight is 301 g/mol. The fourth-order valence-corrected chi connectivity index (χ4v) is 1.45. The molecule has 4 nitrogen and oxygen atoms in total. The normalized spacial score (nSPS) is 10.1. The van der Waals surface area contributed by atoms with Crippen LogP contribution in [0.15, 0.2) is 29.4 Å². The van der Waals surface area contributed by atoms with E-state index in [4.69, 9.17) is 5.53 Å². The summed E-state index contributed by atoms with van der Waals surface area (Å²) in [7, 11) is 0. The van der Waals surface area contributed by atoms with Gasteiger partial charge >= 0.3 is 0 Å². The number of hydrogen-bond acceptors (Lipinski definition) is 2. The summed E-state index contributed by atoms with van der Waals surface area (Å²) < 4.78 is 70.3. The Morgan fingerprint density at radius 2 is 1.48 bits per heavy atom. The third-order valence-corrected chi connectivity index (χ3v) is 2.37. The molecule has 0 aliphatic carbocycles. The molecule has 0 unspecified atom stereocenters. The molecule has 0 aliphatic heterocycles. The van der Waals surface area contributed by atoms with Crippen LogP contribution in [0, 0.1) is 29.1 Å². The highest BCUT2D eigenvalue weighted by Crippen LogP contribution is 2.33. The van der Waals surface area contributed by atoms with Gasteiger partial charge in [0.15, 0.2) is 0 Å². The fraction of sp³-hybridized carbons (Fsp3) is 0. The Hall–Kier alpha value is -2.80. The lowest BCUT2D eigenvalue weighted by Crippen LogP contribution is -2.04. The van der Waals surface area contributed by atoms with Gasteiger partial charge in [-0.2, -0.15) is 8.78 Å². The zero-order valence-electron chi connectivity index (χ0n) is 9.95. The Balaban J connectivity index is 2.49. The van der Waals surface area contributed by atoms with Crippen molar-refractivity contribution in [3.05, 3.63) is 63.8 Å². The maximum atomic E-state index is 13.4. The largest absolute Gasteiger partial charge is 0.451 e. The summed E-state index contributed by atoms with van der Waals surface area (Å²) in [4.78, 5) is 2.48. The molecule has 0 amide bonds. The van der Waals surface area contributed by atoms with Gasteiger partial charge in [0.25, 0.3) is 0 Å². The standard InChI is InChI=1S/C12H4F5N3O/c13-7-8(14)10(16)12(11(17)9(7)15)21-6-3-1-2-5(4-6)19-20-18/h1-4H. The van der Waals surface area contributed by atoms with Gasteiger partial charge in [-0.15, -0.1) is 0 Å². The predicted molar refractivity (Wildman–Crippen MR) is 61.6 cm³/mol. The van der Waals surface area contributed by atoms with Gasteiger partial charge in [-0.3, -0.25) is 0 Å². The Kier molecular flexibility index (Phi) is 3.95. The third-order valence-electron chi connectivity index (χ3n) is 2.37. The van der Waals surface area contributed by atoms with E-state index in [1.807, 2.05) is 0 Å². The molecule has 0 radical (unpaired) electrons. The molecule has 0 saturated heterocycles. The highest BCUT2D eigenvalue weighted by atomic mass is 19.2. The van der Waals surface area contributed by atoms with E-state index in [9.17, 15) is 22.0 Å². The van der Waals surface area contributed by atoms with E-state index in [0.29, 0.717) is 0 Å². The van der Waals surface area contributed by atoms with Crippen LogP contribution in [0.25, 0.3) is 10.4 Å². The molecule has 2 rings (SSSR count). The molecular weight excluding hydrogens is 297 g/mol. The number of hydrogen-bond donors (Lipinski definition) is 0. The summed E-state index contributed by atoms with van der Waals surface area (Å²) in [5.74, 6) is -12.4. The van der Waals surface area contributed by atoms with Gasteiger partial charge in [0, 0.05) is 10.6 Å². The Labute approximate surface area is 114 Å². The van der Waals surface area contributed by atoms with Crippen molar-refractivity contribution >= 4 is 5.69 Å². The first-order valence-corrected chi connectivity index (χ1v) is 5.30. The van der Waals surface area contributed by atoms with Gasteiger partial charge in [-0.25, -0.2) is 13.2 Å². The van der Waals surface area contributed by atoms with Crippen LogP contribution in [0.3, 0.4) is 0 Å². The topological polar surface area (TPSA) is 58.0 Å². The van der Waals surface area contributed by atoms with Crippen molar-refractivity contribution in [3.8, 4) is 11.5 Å². The average Bonchev–Trinajstić information content (AvgIpc) is 2.48. The minimum Gasteiger partial charge on any atom is -0.451 e. The van der Waals surface area contributed by atoms with Gasteiger partial charge in [0.2, 0.25) is 34.8 Å². The highest BCUT2D eigenvalue weighted by Gasteiger charge is 2.27. The molecule has 9 heteroatoms. The lowest BCUT2D eigenvalue weighted by Gasteiger charge is -2.10. The number of ether oxygens (including phenoxy) is 1. The quantitative estimate of drug-likeness (QED) is 0.194. The van der Waals surface area contributed by atoms with Crippen molar-refractivity contribution in [2.24, 2.45) is 5.11 Å². The zero-order chi connectivity index (χ0) is 15.6. The number of rotatable bonds is 3. The maximum absolute atomic E-state index is 13.4. The first-order chi connectivity index (χ1) is 9.95. The molecule has 0 N–H and O–H groups in total. The van der Waals surface area contributed by atoms with Crippen molar-refractivity contribution < 1.29 is 26.7 Å². The molecule has 0 bridgehead atoms. The van der Waals surface area contributed by atoms with Crippen LogP contribution in [0.5, 0.6) is 11.5 Å². The van der Waals surface area contributed by atoms with Crippen molar-refractivity contribution in [2.45, 2.75) is 0 Å². The van der Waals surface area contributed by atoms with E-state index >= 15 is 0 Å².